The summed E-state index contributed by atoms with van der Waals surface area (Å²) >= 11 is 5.17. The van der Waals surface area contributed by atoms with Crippen molar-refractivity contribution in [3.05, 3.63) is 0 Å². The lowest BCUT2D eigenvalue weighted by atomic mass is 10.6. The standard InChI is InChI=1S/C5H12ClNO4S/c6-5-12(10,11)7(1-3-8)2-4-9/h8-9H,1-5H2. The molecule has 0 atom stereocenters. The van der Waals surface area contributed by atoms with Crippen LogP contribution < -0.4 is 0 Å². The second kappa shape index (κ2) is 5.71. The molecule has 12 heavy (non-hydrogen) atoms. The van der Waals surface area contributed by atoms with E-state index in [2.05, 4.69) is 0 Å². The lowest BCUT2D eigenvalue weighted by molar-refractivity contribution is 0.218. The van der Waals surface area contributed by atoms with Crippen molar-refractivity contribution in [1.82, 2.24) is 4.31 Å². The van der Waals surface area contributed by atoms with E-state index in [-0.39, 0.29) is 26.3 Å². The van der Waals surface area contributed by atoms with Crippen LogP contribution in [-0.2, 0) is 10.0 Å². The fraction of sp³-hybridized carbons (Fsp3) is 1.00. The van der Waals surface area contributed by atoms with Crippen molar-refractivity contribution in [2.45, 2.75) is 0 Å². The molecular weight excluding hydrogens is 206 g/mol. The smallest absolute Gasteiger partial charge is 0.228 e. The van der Waals surface area contributed by atoms with Gasteiger partial charge >= 0.3 is 0 Å². The van der Waals surface area contributed by atoms with Crippen LogP contribution in [-0.4, -0.2) is 54.5 Å². The Bertz CT molecular complexity index is 199. The first-order valence-electron chi connectivity index (χ1n) is 3.34. The van der Waals surface area contributed by atoms with Crippen LogP contribution in [0.3, 0.4) is 0 Å². The maximum atomic E-state index is 11.1. The summed E-state index contributed by atoms with van der Waals surface area (Å²) in [5.74, 6) is 0. The van der Waals surface area contributed by atoms with Crippen molar-refractivity contribution in [3.63, 3.8) is 0 Å². The number of hydrogen-bond donors (Lipinski definition) is 2. The number of aliphatic hydroxyl groups is 2. The lowest BCUT2D eigenvalue weighted by Gasteiger charge is -2.17. The van der Waals surface area contributed by atoms with Crippen LogP contribution in [0, 0.1) is 0 Å². The van der Waals surface area contributed by atoms with Crippen LogP contribution in [0.4, 0.5) is 0 Å². The van der Waals surface area contributed by atoms with Gasteiger partial charge in [-0.3, -0.25) is 0 Å². The van der Waals surface area contributed by atoms with E-state index in [0.717, 1.165) is 4.31 Å². The average molecular weight is 218 g/mol. The van der Waals surface area contributed by atoms with Crippen molar-refractivity contribution < 1.29 is 18.6 Å². The number of hydrogen-bond acceptors (Lipinski definition) is 4. The largest absolute Gasteiger partial charge is 0.395 e. The third-order valence-electron chi connectivity index (χ3n) is 1.23. The molecule has 0 aromatic rings. The Balaban J connectivity index is 4.28. The van der Waals surface area contributed by atoms with Gasteiger partial charge in [0.25, 0.3) is 0 Å². The molecule has 0 aliphatic heterocycles. The first-order valence-corrected chi connectivity index (χ1v) is 5.48. The number of sulfonamides is 1. The molecule has 0 unspecified atom stereocenters. The molecule has 0 rings (SSSR count). The van der Waals surface area contributed by atoms with E-state index in [1.54, 1.807) is 0 Å². The van der Waals surface area contributed by atoms with Crippen molar-refractivity contribution in [3.8, 4) is 0 Å². The van der Waals surface area contributed by atoms with E-state index in [0.29, 0.717) is 0 Å². The predicted molar refractivity (Wildman–Crippen MR) is 45.4 cm³/mol. The minimum Gasteiger partial charge on any atom is -0.395 e. The summed E-state index contributed by atoms with van der Waals surface area (Å²) in [5.41, 5.74) is 0. The third kappa shape index (κ3) is 3.68. The highest BCUT2D eigenvalue weighted by molar-refractivity contribution is 7.90. The van der Waals surface area contributed by atoms with Gasteiger partial charge in [0.1, 0.15) is 5.21 Å². The molecule has 0 bridgehead atoms. The minimum absolute atomic E-state index is 0.0321. The van der Waals surface area contributed by atoms with E-state index in [9.17, 15) is 8.42 Å². The van der Waals surface area contributed by atoms with Crippen molar-refractivity contribution in [1.29, 1.82) is 0 Å². The molecule has 0 aliphatic rings. The molecule has 0 saturated carbocycles. The van der Waals surface area contributed by atoms with E-state index in [1.807, 2.05) is 0 Å². The Morgan fingerprint density at radius 3 is 1.83 bits per heavy atom. The molecule has 0 spiro atoms. The Labute approximate surface area is 76.6 Å². The molecule has 0 amide bonds. The minimum atomic E-state index is -3.51. The molecule has 0 aromatic heterocycles. The third-order valence-corrected chi connectivity index (χ3v) is 3.49. The Kier molecular flexibility index (Phi) is 5.77. The second-order valence-corrected chi connectivity index (χ2v) is 4.62. The van der Waals surface area contributed by atoms with E-state index in [4.69, 9.17) is 21.8 Å². The maximum Gasteiger partial charge on any atom is 0.228 e. The maximum absolute atomic E-state index is 11.1. The van der Waals surface area contributed by atoms with Gasteiger partial charge in [-0.1, -0.05) is 0 Å². The normalized spacial score (nSPS) is 12.3. The van der Waals surface area contributed by atoms with Gasteiger partial charge in [0.15, 0.2) is 0 Å². The molecule has 0 radical (unpaired) electrons. The summed E-state index contributed by atoms with van der Waals surface area (Å²) in [6.45, 7) is -0.628. The van der Waals surface area contributed by atoms with E-state index >= 15 is 0 Å². The van der Waals surface area contributed by atoms with Crippen LogP contribution in [0.15, 0.2) is 0 Å². The number of alkyl halides is 1. The highest BCUT2D eigenvalue weighted by Crippen LogP contribution is 2.01. The van der Waals surface area contributed by atoms with E-state index < -0.39 is 15.2 Å². The Morgan fingerprint density at radius 1 is 1.17 bits per heavy atom. The Morgan fingerprint density at radius 2 is 1.58 bits per heavy atom. The summed E-state index contributed by atoms with van der Waals surface area (Å²) in [7, 11) is -3.51. The zero-order chi connectivity index (χ0) is 9.61. The van der Waals surface area contributed by atoms with Crippen molar-refractivity contribution >= 4 is 21.6 Å². The van der Waals surface area contributed by atoms with Crippen molar-refractivity contribution in [2.75, 3.05) is 31.5 Å². The van der Waals surface area contributed by atoms with Gasteiger partial charge in [-0.15, -0.1) is 11.6 Å². The molecule has 0 saturated heterocycles. The Hall–Kier alpha value is 0.120. The van der Waals surface area contributed by atoms with Gasteiger partial charge in [-0.05, 0) is 0 Å². The zero-order valence-electron chi connectivity index (χ0n) is 6.48. The quantitative estimate of drug-likeness (QED) is 0.548. The second-order valence-electron chi connectivity index (χ2n) is 2.07. The average Bonchev–Trinajstić information content (AvgIpc) is 2.04. The molecule has 0 heterocycles. The monoisotopic (exact) mass is 217 g/mol. The van der Waals surface area contributed by atoms with Gasteiger partial charge in [-0.25, -0.2) is 8.42 Å². The van der Waals surface area contributed by atoms with Crippen molar-refractivity contribution in [2.24, 2.45) is 0 Å². The molecule has 7 heteroatoms. The SMILES string of the molecule is O=S(=O)(CCl)N(CCO)CCO. The molecule has 0 aliphatic carbocycles. The van der Waals surface area contributed by atoms with Crippen LogP contribution >= 0.6 is 11.6 Å². The first kappa shape index (κ1) is 12.1. The highest BCUT2D eigenvalue weighted by atomic mass is 35.5. The summed E-state index contributed by atoms with van der Waals surface area (Å²) < 4.78 is 23.0. The summed E-state index contributed by atoms with van der Waals surface area (Å²) in [6, 6.07) is 0. The van der Waals surface area contributed by atoms with Gasteiger partial charge in [0, 0.05) is 13.1 Å². The first-order chi connectivity index (χ1) is 5.58. The number of rotatable bonds is 6. The molecular formula is C5H12ClNO4S. The topological polar surface area (TPSA) is 77.8 Å². The van der Waals surface area contributed by atoms with E-state index in [1.165, 1.54) is 0 Å². The van der Waals surface area contributed by atoms with Crippen LogP contribution in [0.25, 0.3) is 0 Å². The molecule has 74 valence electrons. The zero-order valence-corrected chi connectivity index (χ0v) is 8.05. The number of nitrogens with zero attached hydrogens (tertiary/aromatic N) is 1. The molecule has 2 N–H and O–H groups in total. The highest BCUT2D eigenvalue weighted by Gasteiger charge is 2.19. The van der Waals surface area contributed by atoms with Gasteiger partial charge < -0.3 is 10.2 Å². The molecule has 5 nitrogen and oxygen atoms in total. The number of aliphatic hydroxyl groups excluding tert-OH is 2. The molecule has 0 fully saturated rings. The molecule has 0 aromatic carbocycles. The number of halogens is 1. The van der Waals surface area contributed by atoms with Gasteiger partial charge in [0.2, 0.25) is 10.0 Å². The van der Waals surface area contributed by atoms with Crippen LogP contribution in [0.2, 0.25) is 0 Å². The van der Waals surface area contributed by atoms with Crippen LogP contribution in [0.1, 0.15) is 0 Å². The predicted octanol–water partition coefficient (Wildman–Crippen LogP) is -1.20. The fourth-order valence-electron chi connectivity index (χ4n) is 0.682. The lowest BCUT2D eigenvalue weighted by Crippen LogP contribution is -2.36. The van der Waals surface area contributed by atoms with Gasteiger partial charge in [0.05, 0.1) is 13.2 Å². The summed E-state index contributed by atoms with van der Waals surface area (Å²) in [6.07, 6.45) is 0. The van der Waals surface area contributed by atoms with Crippen LogP contribution in [0.5, 0.6) is 0 Å². The summed E-state index contributed by atoms with van der Waals surface area (Å²) in [5, 5.41) is 16.4. The fourth-order valence-corrected chi connectivity index (χ4v) is 1.95. The summed E-state index contributed by atoms with van der Waals surface area (Å²) in [4.78, 5) is 0. The van der Waals surface area contributed by atoms with Gasteiger partial charge in [-0.2, -0.15) is 4.31 Å².